The zero-order valence-electron chi connectivity index (χ0n) is 16.0. The quantitative estimate of drug-likeness (QED) is 0.508. The van der Waals surface area contributed by atoms with Gasteiger partial charge in [-0.05, 0) is 61.4 Å². The van der Waals surface area contributed by atoms with Crippen molar-refractivity contribution in [3.8, 4) is 5.75 Å². The van der Waals surface area contributed by atoms with Gasteiger partial charge in [-0.2, -0.15) is 0 Å². The largest absolute Gasteiger partial charge is 0.508 e. The standard InChI is InChI=1S/C16H27NO.C6H4O2/c1-3-5-7-13-17(14-8-6-4-2)15-9-11-16(18)12-10-15;7-5-1-2-6(8)4-3-5/h9-12,18H,3-8,13-14H2,1-2H3;1-4H. The summed E-state index contributed by atoms with van der Waals surface area (Å²) in [7, 11) is 0. The Balaban J connectivity index is 0.000000350. The zero-order chi connectivity index (χ0) is 19.2. The third kappa shape index (κ3) is 9.21. The van der Waals surface area contributed by atoms with Gasteiger partial charge in [0.15, 0.2) is 11.6 Å². The predicted octanol–water partition coefficient (Wildman–Crippen LogP) is 4.83. The van der Waals surface area contributed by atoms with Crippen LogP contribution in [-0.4, -0.2) is 29.8 Å². The summed E-state index contributed by atoms with van der Waals surface area (Å²) in [5.41, 5.74) is 1.24. The van der Waals surface area contributed by atoms with Crippen molar-refractivity contribution >= 4 is 17.3 Å². The van der Waals surface area contributed by atoms with Crippen LogP contribution in [0.1, 0.15) is 52.4 Å². The first-order valence-electron chi connectivity index (χ1n) is 9.54. The summed E-state index contributed by atoms with van der Waals surface area (Å²) in [5.74, 6) is 0.106. The second-order valence-electron chi connectivity index (χ2n) is 6.39. The van der Waals surface area contributed by atoms with Crippen molar-refractivity contribution in [2.75, 3.05) is 18.0 Å². The minimum atomic E-state index is -0.121. The molecule has 0 saturated heterocycles. The molecule has 0 aromatic heterocycles. The number of anilines is 1. The summed E-state index contributed by atoms with van der Waals surface area (Å²) in [6.07, 6.45) is 12.6. The molecule has 0 unspecified atom stereocenters. The second kappa shape index (κ2) is 12.9. The molecule has 0 heterocycles. The van der Waals surface area contributed by atoms with Crippen LogP contribution in [0.3, 0.4) is 0 Å². The van der Waals surface area contributed by atoms with Crippen molar-refractivity contribution in [1.82, 2.24) is 0 Å². The molecule has 4 heteroatoms. The zero-order valence-corrected chi connectivity index (χ0v) is 16.0. The molecule has 0 fully saturated rings. The van der Waals surface area contributed by atoms with Gasteiger partial charge in [0.05, 0.1) is 0 Å². The lowest BCUT2D eigenvalue weighted by Gasteiger charge is -2.25. The normalized spacial score (nSPS) is 12.7. The number of aromatic hydroxyl groups is 1. The minimum Gasteiger partial charge on any atom is -0.508 e. The van der Waals surface area contributed by atoms with Crippen LogP contribution in [0, 0.1) is 0 Å². The molecule has 0 saturated carbocycles. The van der Waals surface area contributed by atoms with Gasteiger partial charge in [-0.3, -0.25) is 9.59 Å². The van der Waals surface area contributed by atoms with Gasteiger partial charge in [0, 0.05) is 18.8 Å². The summed E-state index contributed by atoms with van der Waals surface area (Å²) in [4.78, 5) is 23.0. The van der Waals surface area contributed by atoms with E-state index in [1.165, 1.54) is 68.5 Å². The molecule has 0 amide bonds. The molecule has 0 atom stereocenters. The van der Waals surface area contributed by atoms with E-state index in [0.717, 1.165) is 13.1 Å². The van der Waals surface area contributed by atoms with Crippen molar-refractivity contribution in [2.24, 2.45) is 0 Å². The summed E-state index contributed by atoms with van der Waals surface area (Å²) < 4.78 is 0. The molecular formula is C22H31NO3. The van der Waals surface area contributed by atoms with Gasteiger partial charge in [-0.25, -0.2) is 0 Å². The molecular weight excluding hydrogens is 326 g/mol. The Labute approximate surface area is 157 Å². The number of phenolic OH excluding ortho intramolecular Hbond substituents is 1. The van der Waals surface area contributed by atoms with Gasteiger partial charge in [-0.15, -0.1) is 0 Å². The molecule has 1 N–H and O–H groups in total. The maximum absolute atomic E-state index is 10.3. The number of rotatable bonds is 9. The first kappa shape index (κ1) is 21.7. The highest BCUT2D eigenvalue weighted by atomic mass is 16.3. The van der Waals surface area contributed by atoms with Crippen LogP contribution in [0.15, 0.2) is 48.6 Å². The van der Waals surface area contributed by atoms with Crippen molar-refractivity contribution in [1.29, 1.82) is 0 Å². The topological polar surface area (TPSA) is 57.6 Å². The van der Waals surface area contributed by atoms with Crippen molar-refractivity contribution in [2.45, 2.75) is 52.4 Å². The van der Waals surface area contributed by atoms with Crippen molar-refractivity contribution in [3.05, 3.63) is 48.6 Å². The average molecular weight is 357 g/mol. The van der Waals surface area contributed by atoms with Gasteiger partial charge in [0.25, 0.3) is 0 Å². The second-order valence-corrected chi connectivity index (χ2v) is 6.39. The predicted molar refractivity (Wildman–Crippen MR) is 108 cm³/mol. The molecule has 0 radical (unpaired) electrons. The first-order chi connectivity index (χ1) is 12.6. The van der Waals surface area contributed by atoms with Crippen molar-refractivity contribution in [3.63, 3.8) is 0 Å². The van der Waals surface area contributed by atoms with E-state index in [1.807, 2.05) is 12.1 Å². The molecule has 142 valence electrons. The number of carbonyl (C=O) groups is 2. The van der Waals surface area contributed by atoms with Crippen LogP contribution >= 0.6 is 0 Å². The number of phenols is 1. The highest BCUT2D eigenvalue weighted by Gasteiger charge is 2.05. The summed E-state index contributed by atoms with van der Waals surface area (Å²) in [6, 6.07) is 7.60. The third-order valence-electron chi connectivity index (χ3n) is 4.10. The number of benzene rings is 1. The fraction of sp³-hybridized carbons (Fsp3) is 0.455. The molecule has 1 aromatic carbocycles. The highest BCUT2D eigenvalue weighted by molar-refractivity contribution is 6.14. The fourth-order valence-electron chi connectivity index (χ4n) is 2.58. The van der Waals surface area contributed by atoms with Crippen LogP contribution in [-0.2, 0) is 9.59 Å². The third-order valence-corrected chi connectivity index (χ3v) is 4.10. The molecule has 0 spiro atoms. The Morgan fingerprint density at radius 2 is 1.15 bits per heavy atom. The Bertz CT molecular complexity index is 554. The lowest BCUT2D eigenvalue weighted by Crippen LogP contribution is -2.25. The van der Waals surface area contributed by atoms with Gasteiger partial charge >= 0.3 is 0 Å². The van der Waals surface area contributed by atoms with Crippen LogP contribution in [0.2, 0.25) is 0 Å². The van der Waals surface area contributed by atoms with Gasteiger partial charge in [-0.1, -0.05) is 39.5 Å². The lowest BCUT2D eigenvalue weighted by molar-refractivity contribution is -0.113. The van der Waals surface area contributed by atoms with E-state index in [4.69, 9.17) is 0 Å². The summed E-state index contributed by atoms with van der Waals surface area (Å²) in [5, 5.41) is 9.35. The van der Waals surface area contributed by atoms with Crippen molar-refractivity contribution < 1.29 is 14.7 Å². The fourth-order valence-corrected chi connectivity index (χ4v) is 2.58. The Hall–Kier alpha value is -2.36. The minimum absolute atomic E-state index is 0.121. The number of hydrogen-bond acceptors (Lipinski definition) is 4. The van der Waals surface area contributed by atoms with Gasteiger partial charge in [0.2, 0.25) is 0 Å². The van der Waals surface area contributed by atoms with Crippen LogP contribution in [0.25, 0.3) is 0 Å². The SMILES string of the molecule is CCCCCN(CCCCC)c1ccc(O)cc1.O=C1C=CC(=O)C=C1. The van der Waals surface area contributed by atoms with E-state index in [9.17, 15) is 14.7 Å². The molecule has 2 rings (SSSR count). The van der Waals surface area contributed by atoms with E-state index >= 15 is 0 Å². The Morgan fingerprint density at radius 1 is 0.731 bits per heavy atom. The molecule has 0 aliphatic heterocycles. The maximum atomic E-state index is 10.3. The highest BCUT2D eigenvalue weighted by Crippen LogP contribution is 2.19. The number of hydrogen-bond donors (Lipinski definition) is 1. The first-order valence-corrected chi connectivity index (χ1v) is 9.54. The molecule has 1 aromatic rings. The smallest absolute Gasteiger partial charge is 0.178 e. The Kier molecular flexibility index (Phi) is 10.8. The summed E-state index contributed by atoms with van der Waals surface area (Å²) >= 11 is 0. The molecule has 1 aliphatic rings. The Morgan fingerprint density at radius 3 is 1.54 bits per heavy atom. The molecule has 4 nitrogen and oxygen atoms in total. The lowest BCUT2D eigenvalue weighted by atomic mass is 10.2. The maximum Gasteiger partial charge on any atom is 0.178 e. The molecule has 26 heavy (non-hydrogen) atoms. The van der Waals surface area contributed by atoms with E-state index in [0.29, 0.717) is 5.75 Å². The van der Waals surface area contributed by atoms with Crippen LogP contribution < -0.4 is 4.90 Å². The number of carbonyl (C=O) groups excluding carboxylic acids is 2. The van der Waals surface area contributed by atoms with E-state index in [1.54, 1.807) is 12.1 Å². The van der Waals surface area contributed by atoms with Gasteiger partial charge < -0.3 is 10.0 Å². The molecule has 0 bridgehead atoms. The number of ketones is 2. The average Bonchev–Trinajstić information content (AvgIpc) is 2.64. The summed E-state index contributed by atoms with van der Waals surface area (Å²) in [6.45, 7) is 6.73. The van der Waals surface area contributed by atoms with Gasteiger partial charge in [0.1, 0.15) is 5.75 Å². The van der Waals surface area contributed by atoms with Crippen LogP contribution in [0.5, 0.6) is 5.75 Å². The van der Waals surface area contributed by atoms with E-state index in [-0.39, 0.29) is 11.6 Å². The number of nitrogens with zero attached hydrogens (tertiary/aromatic N) is 1. The molecule has 1 aliphatic carbocycles. The van der Waals surface area contributed by atoms with E-state index in [2.05, 4.69) is 18.7 Å². The number of allylic oxidation sites excluding steroid dienone is 4. The van der Waals surface area contributed by atoms with Crippen LogP contribution in [0.4, 0.5) is 5.69 Å². The number of unbranched alkanes of at least 4 members (excludes halogenated alkanes) is 4. The monoisotopic (exact) mass is 357 g/mol. The van der Waals surface area contributed by atoms with E-state index < -0.39 is 0 Å².